The smallest absolute Gasteiger partial charge is 0.0546 e. The molecule has 11 aromatic carbocycles. The first-order valence-corrected chi connectivity index (χ1v) is 24.8. The van der Waals surface area contributed by atoms with E-state index in [0.717, 1.165) is 56.4 Å². The molecule has 0 saturated heterocycles. The Morgan fingerprint density at radius 2 is 0.750 bits per heavy atom. The SMILES string of the molecule is C=C/C=C(\C=C)c1cccc(-c2ccc(N(c3ccc(C)cc3C)c3cc4c5ccccc5c(N(c5ccc(-c6cccc(-c7ccccc7)c6)cc5)c5ccc(C)cc5C)cc4c4ccccc34)cc2)c1. The molecule has 0 spiro atoms. The molecule has 0 aliphatic rings. The lowest BCUT2D eigenvalue weighted by Gasteiger charge is -2.31. The molecular weight excluding hydrogens is 869 g/mol. The van der Waals surface area contributed by atoms with Gasteiger partial charge in [0, 0.05) is 33.5 Å². The molecule has 2 heteroatoms. The molecule has 0 aliphatic heterocycles. The fourth-order valence-corrected chi connectivity index (χ4v) is 10.6. The number of hydrogen-bond donors (Lipinski definition) is 0. The molecule has 0 heterocycles. The maximum Gasteiger partial charge on any atom is 0.0546 e. The number of anilines is 6. The lowest BCUT2D eigenvalue weighted by molar-refractivity contribution is 1.25. The summed E-state index contributed by atoms with van der Waals surface area (Å²) >= 11 is 0. The number of benzene rings is 11. The van der Waals surface area contributed by atoms with Gasteiger partial charge in [-0.1, -0.05) is 206 Å². The van der Waals surface area contributed by atoms with Crippen molar-refractivity contribution in [2.24, 2.45) is 0 Å². The van der Waals surface area contributed by atoms with E-state index in [4.69, 9.17) is 0 Å². The van der Waals surface area contributed by atoms with Gasteiger partial charge in [-0.25, -0.2) is 0 Å². The van der Waals surface area contributed by atoms with Gasteiger partial charge < -0.3 is 9.80 Å². The molecule has 0 aromatic heterocycles. The van der Waals surface area contributed by atoms with E-state index in [1.807, 2.05) is 18.2 Å². The fraction of sp³-hybridized carbons (Fsp3) is 0.0571. The standard InChI is InChI=1S/C70H56N2/c1-7-18-51(8-2)55-21-16-23-57(43-55)53-31-35-59(36-32-53)71(67-39-29-47(3)41-49(67)5)69-45-65-62-26-13-15-28-64(62)70(46-66(65)61-25-12-14-27-63(61)69)72(68-40-30-48(4)42-50(68)6)60-37-33-54(34-38-60)58-24-17-22-56(44-58)52-19-10-9-11-20-52/h7-46H,1-2H2,3-6H3/b51-18+. The van der Waals surface area contributed by atoms with Crippen LogP contribution in [0.3, 0.4) is 0 Å². The minimum atomic E-state index is 1.04. The van der Waals surface area contributed by atoms with Crippen LogP contribution in [0, 0.1) is 27.7 Å². The predicted molar refractivity (Wildman–Crippen MR) is 312 cm³/mol. The highest BCUT2D eigenvalue weighted by Crippen LogP contribution is 2.49. The largest absolute Gasteiger partial charge is 0.310 e. The minimum Gasteiger partial charge on any atom is -0.310 e. The number of hydrogen-bond acceptors (Lipinski definition) is 2. The highest BCUT2D eigenvalue weighted by molar-refractivity contribution is 6.24. The number of fused-ring (bicyclic) bond motifs is 5. The molecule has 0 bridgehead atoms. The van der Waals surface area contributed by atoms with Crippen LogP contribution in [0.2, 0.25) is 0 Å². The minimum absolute atomic E-state index is 1.04. The Balaban J connectivity index is 1.09. The Labute approximate surface area is 424 Å². The summed E-state index contributed by atoms with van der Waals surface area (Å²) in [4.78, 5) is 4.93. The topological polar surface area (TPSA) is 6.48 Å². The summed E-state index contributed by atoms with van der Waals surface area (Å²) < 4.78 is 0. The molecule has 0 unspecified atom stereocenters. The van der Waals surface area contributed by atoms with Gasteiger partial charge in [-0.2, -0.15) is 0 Å². The van der Waals surface area contributed by atoms with Crippen molar-refractivity contribution >= 4 is 72.0 Å². The van der Waals surface area contributed by atoms with E-state index >= 15 is 0 Å². The summed E-state index contributed by atoms with van der Waals surface area (Å²) in [5.74, 6) is 0. The van der Waals surface area contributed by atoms with Crippen molar-refractivity contribution in [2.75, 3.05) is 9.80 Å². The summed E-state index contributed by atoms with van der Waals surface area (Å²) in [5.41, 5.74) is 20.9. The molecule has 0 atom stereocenters. The van der Waals surface area contributed by atoms with E-state index in [1.165, 1.54) is 76.8 Å². The van der Waals surface area contributed by atoms with Crippen LogP contribution in [-0.4, -0.2) is 0 Å². The predicted octanol–water partition coefficient (Wildman–Crippen LogP) is 20.1. The summed E-state index contributed by atoms with van der Waals surface area (Å²) in [6.45, 7) is 16.8. The number of nitrogens with zero attached hydrogens (tertiary/aromatic N) is 2. The first kappa shape index (κ1) is 45.5. The zero-order valence-electron chi connectivity index (χ0n) is 41.4. The molecule has 0 aliphatic carbocycles. The molecule has 0 fully saturated rings. The maximum atomic E-state index is 4.06. The quantitative estimate of drug-likeness (QED) is 0.0890. The van der Waals surface area contributed by atoms with Crippen LogP contribution < -0.4 is 9.80 Å². The van der Waals surface area contributed by atoms with Crippen LogP contribution in [0.1, 0.15) is 27.8 Å². The van der Waals surface area contributed by atoms with Crippen LogP contribution in [0.5, 0.6) is 0 Å². The van der Waals surface area contributed by atoms with Gasteiger partial charge in [0.1, 0.15) is 0 Å². The molecule has 0 N–H and O–H groups in total. The van der Waals surface area contributed by atoms with Gasteiger partial charge in [-0.3, -0.25) is 0 Å². The van der Waals surface area contributed by atoms with Crippen LogP contribution in [0.25, 0.3) is 71.3 Å². The van der Waals surface area contributed by atoms with Crippen molar-refractivity contribution in [3.05, 3.63) is 284 Å². The van der Waals surface area contributed by atoms with E-state index in [0.29, 0.717) is 0 Å². The summed E-state index contributed by atoms with van der Waals surface area (Å²) in [7, 11) is 0. The van der Waals surface area contributed by atoms with Crippen LogP contribution in [0.4, 0.5) is 34.1 Å². The van der Waals surface area contributed by atoms with E-state index in [1.54, 1.807) is 0 Å². The number of allylic oxidation sites excluding steroid dienone is 4. The average molecular weight is 925 g/mol. The molecule has 0 radical (unpaired) electrons. The third-order valence-corrected chi connectivity index (χ3v) is 14.1. The fourth-order valence-electron chi connectivity index (χ4n) is 10.6. The first-order chi connectivity index (χ1) is 35.3. The van der Waals surface area contributed by atoms with Gasteiger partial charge in [0.05, 0.1) is 11.4 Å². The van der Waals surface area contributed by atoms with Gasteiger partial charge >= 0.3 is 0 Å². The Morgan fingerprint density at radius 1 is 0.333 bits per heavy atom. The molecule has 0 amide bonds. The number of rotatable bonds is 12. The van der Waals surface area contributed by atoms with Crippen molar-refractivity contribution < 1.29 is 0 Å². The normalized spacial score (nSPS) is 11.5. The second-order valence-electron chi connectivity index (χ2n) is 18.9. The Bertz CT molecular complexity index is 3880. The second-order valence-corrected chi connectivity index (χ2v) is 18.9. The van der Waals surface area contributed by atoms with Gasteiger partial charge in [-0.05, 0) is 166 Å². The van der Waals surface area contributed by atoms with Crippen LogP contribution in [-0.2, 0) is 0 Å². The monoisotopic (exact) mass is 924 g/mol. The van der Waals surface area contributed by atoms with Gasteiger partial charge in [0.25, 0.3) is 0 Å². The Morgan fingerprint density at radius 3 is 1.21 bits per heavy atom. The van der Waals surface area contributed by atoms with Crippen molar-refractivity contribution in [2.45, 2.75) is 27.7 Å². The summed E-state index contributed by atoms with van der Waals surface area (Å²) in [5, 5.41) is 7.15. The van der Waals surface area contributed by atoms with Gasteiger partial charge in [0.2, 0.25) is 0 Å². The van der Waals surface area contributed by atoms with Crippen LogP contribution >= 0.6 is 0 Å². The summed E-state index contributed by atoms with van der Waals surface area (Å²) in [6.07, 6.45) is 5.70. The van der Waals surface area contributed by atoms with E-state index in [9.17, 15) is 0 Å². The molecule has 72 heavy (non-hydrogen) atoms. The Hall–Kier alpha value is -8.98. The highest BCUT2D eigenvalue weighted by Gasteiger charge is 2.24. The van der Waals surface area contributed by atoms with Crippen molar-refractivity contribution in [1.82, 2.24) is 0 Å². The zero-order chi connectivity index (χ0) is 49.3. The third kappa shape index (κ3) is 8.58. The molecule has 2 nitrogen and oxygen atoms in total. The number of aryl methyl sites for hydroxylation is 4. The molecule has 346 valence electrons. The second kappa shape index (κ2) is 19.4. The third-order valence-electron chi connectivity index (χ3n) is 14.1. The maximum absolute atomic E-state index is 4.06. The lowest BCUT2D eigenvalue weighted by atomic mass is 9.92. The van der Waals surface area contributed by atoms with E-state index in [-0.39, 0.29) is 0 Å². The average Bonchev–Trinajstić information content (AvgIpc) is 3.42. The van der Waals surface area contributed by atoms with E-state index in [2.05, 4.69) is 275 Å². The Kier molecular flexibility index (Phi) is 12.3. The van der Waals surface area contributed by atoms with Crippen molar-refractivity contribution in [1.29, 1.82) is 0 Å². The molecule has 11 aromatic rings. The molecule has 0 saturated carbocycles. The highest BCUT2D eigenvalue weighted by atomic mass is 15.2. The van der Waals surface area contributed by atoms with Crippen LogP contribution in [0.15, 0.2) is 256 Å². The van der Waals surface area contributed by atoms with Gasteiger partial charge in [-0.15, -0.1) is 0 Å². The first-order valence-electron chi connectivity index (χ1n) is 24.8. The van der Waals surface area contributed by atoms with E-state index < -0.39 is 0 Å². The summed E-state index contributed by atoms with van der Waals surface area (Å²) in [6, 6.07) is 82.6. The zero-order valence-corrected chi connectivity index (χ0v) is 41.4. The van der Waals surface area contributed by atoms with Crippen molar-refractivity contribution in [3.63, 3.8) is 0 Å². The lowest BCUT2D eigenvalue weighted by Crippen LogP contribution is -2.13. The molecule has 11 rings (SSSR count). The van der Waals surface area contributed by atoms with Crippen molar-refractivity contribution in [3.8, 4) is 33.4 Å². The van der Waals surface area contributed by atoms with Gasteiger partial charge in [0.15, 0.2) is 0 Å². The molecular formula is C70H56N2.